The number of imide groups is 2. The van der Waals surface area contributed by atoms with E-state index in [1.807, 2.05) is 0 Å². The summed E-state index contributed by atoms with van der Waals surface area (Å²) in [7, 11) is 0. The van der Waals surface area contributed by atoms with Gasteiger partial charge in [-0.25, -0.2) is 0 Å². The molecule has 4 unspecified atom stereocenters. The van der Waals surface area contributed by atoms with Crippen LogP contribution in [0.4, 0.5) is 0 Å². The number of rotatable bonds is 10. The summed E-state index contributed by atoms with van der Waals surface area (Å²) in [5.74, 6) is -1.27. The van der Waals surface area contributed by atoms with Gasteiger partial charge >= 0.3 is 0 Å². The van der Waals surface area contributed by atoms with E-state index in [-0.39, 0.29) is 47.9 Å². The van der Waals surface area contributed by atoms with Gasteiger partial charge in [-0.15, -0.1) is 0 Å². The maximum atomic E-state index is 12.1. The molecule has 9 nitrogen and oxygen atoms in total. The van der Waals surface area contributed by atoms with Crippen molar-refractivity contribution in [3.63, 3.8) is 0 Å². The lowest BCUT2D eigenvalue weighted by molar-refractivity contribution is -0.144. The molecular formula is C22H28N2O7. The Morgan fingerprint density at radius 1 is 0.742 bits per heavy atom. The van der Waals surface area contributed by atoms with Gasteiger partial charge in [0.05, 0.1) is 24.3 Å². The smallest absolute Gasteiger partial charge is 0.253 e. The number of carbonyl (C=O) groups excluding carboxylic acids is 4. The number of hydrogen-bond acceptors (Lipinski definition) is 7. The molecule has 4 aliphatic rings. The molecule has 2 saturated heterocycles. The Hall–Kier alpha value is -2.36. The summed E-state index contributed by atoms with van der Waals surface area (Å²) < 4.78 is 17.3. The highest BCUT2D eigenvalue weighted by atomic mass is 16.5. The average molecular weight is 432 g/mol. The maximum absolute atomic E-state index is 12.1. The third-order valence-electron chi connectivity index (χ3n) is 6.25. The fourth-order valence-corrected chi connectivity index (χ4v) is 4.76. The molecule has 4 aliphatic heterocycles. The summed E-state index contributed by atoms with van der Waals surface area (Å²) in [5, 5.41) is 0. The Morgan fingerprint density at radius 2 is 1.13 bits per heavy atom. The lowest BCUT2D eigenvalue weighted by atomic mass is 10.0. The monoisotopic (exact) mass is 432 g/mol. The molecule has 31 heavy (non-hydrogen) atoms. The molecule has 0 bridgehead atoms. The zero-order valence-corrected chi connectivity index (χ0v) is 17.4. The molecule has 0 N–H and O–H groups in total. The van der Waals surface area contributed by atoms with Crippen LogP contribution in [-0.2, 0) is 33.4 Å². The van der Waals surface area contributed by atoms with E-state index < -0.39 is 0 Å². The van der Waals surface area contributed by atoms with E-state index in [0.717, 1.165) is 25.7 Å². The number of carbonyl (C=O) groups is 4. The van der Waals surface area contributed by atoms with Gasteiger partial charge in [0, 0.05) is 50.7 Å². The van der Waals surface area contributed by atoms with E-state index in [4.69, 9.17) is 14.2 Å². The molecule has 0 aliphatic carbocycles. The van der Waals surface area contributed by atoms with Gasteiger partial charge in [-0.2, -0.15) is 0 Å². The van der Waals surface area contributed by atoms with Crippen molar-refractivity contribution in [1.82, 2.24) is 9.80 Å². The summed E-state index contributed by atoms with van der Waals surface area (Å²) >= 11 is 0. The second-order valence-electron chi connectivity index (χ2n) is 8.19. The average Bonchev–Trinajstić information content (AvgIpc) is 3.55. The summed E-state index contributed by atoms with van der Waals surface area (Å²) in [5.41, 5.74) is 0. The third kappa shape index (κ3) is 4.78. The molecule has 4 rings (SSSR count). The zero-order valence-electron chi connectivity index (χ0n) is 17.4. The lowest BCUT2D eigenvalue weighted by Crippen LogP contribution is -2.48. The van der Waals surface area contributed by atoms with Crippen LogP contribution in [0.15, 0.2) is 24.3 Å². The lowest BCUT2D eigenvalue weighted by Gasteiger charge is -2.31. The Morgan fingerprint density at radius 3 is 1.45 bits per heavy atom. The predicted molar refractivity (Wildman–Crippen MR) is 108 cm³/mol. The molecule has 0 aromatic heterocycles. The Kier molecular flexibility index (Phi) is 6.94. The van der Waals surface area contributed by atoms with E-state index >= 15 is 0 Å². The summed E-state index contributed by atoms with van der Waals surface area (Å²) in [6.07, 6.45) is 9.14. The van der Waals surface area contributed by atoms with Crippen LogP contribution in [0.25, 0.3) is 0 Å². The standard InChI is InChI=1S/C22H28N2O7/c25-19-5-6-20(26)23(19)15(17-3-1-11-30-17)9-13-29-14-10-16(18-4-2-12-31-18)24-21(27)7-8-22(24)28/h5-8,15-18H,1-4,9-14H2. The molecular weight excluding hydrogens is 404 g/mol. The van der Waals surface area contributed by atoms with E-state index in [1.165, 1.54) is 34.1 Å². The largest absolute Gasteiger partial charge is 0.381 e. The van der Waals surface area contributed by atoms with Gasteiger partial charge in [0.25, 0.3) is 23.6 Å². The van der Waals surface area contributed by atoms with E-state index in [2.05, 4.69) is 0 Å². The summed E-state index contributed by atoms with van der Waals surface area (Å²) in [6, 6.07) is -0.727. The van der Waals surface area contributed by atoms with Crippen LogP contribution in [-0.4, -0.2) is 84.1 Å². The van der Waals surface area contributed by atoms with E-state index in [1.54, 1.807) is 0 Å². The molecule has 4 heterocycles. The maximum Gasteiger partial charge on any atom is 0.253 e. The van der Waals surface area contributed by atoms with Crippen molar-refractivity contribution in [2.45, 2.75) is 62.8 Å². The number of amides is 4. The molecule has 0 saturated carbocycles. The molecule has 4 amide bonds. The number of hydrogen-bond donors (Lipinski definition) is 0. The highest BCUT2D eigenvalue weighted by molar-refractivity contribution is 6.13. The minimum absolute atomic E-state index is 0.179. The van der Waals surface area contributed by atoms with Crippen LogP contribution in [0.3, 0.4) is 0 Å². The van der Waals surface area contributed by atoms with Gasteiger partial charge in [-0.1, -0.05) is 0 Å². The Labute approximate surface area is 181 Å². The fraction of sp³-hybridized carbons (Fsp3) is 0.636. The van der Waals surface area contributed by atoms with Crippen LogP contribution < -0.4 is 0 Å². The van der Waals surface area contributed by atoms with Crippen LogP contribution in [0.2, 0.25) is 0 Å². The SMILES string of the molecule is O=C1C=CC(=O)N1C(CCOCCC(C1CCCO1)N1C(=O)C=CC1=O)C1CCCO1. The van der Waals surface area contributed by atoms with E-state index in [0.29, 0.717) is 39.3 Å². The van der Waals surface area contributed by atoms with Gasteiger partial charge in [0.15, 0.2) is 0 Å². The number of nitrogens with zero attached hydrogens (tertiary/aromatic N) is 2. The molecule has 0 aromatic carbocycles. The minimum atomic E-state index is -0.364. The predicted octanol–water partition coefficient (Wildman–Crippen LogP) is 0.728. The first-order chi connectivity index (χ1) is 15.1. The molecule has 0 spiro atoms. The summed E-state index contributed by atoms with van der Waals surface area (Å²) in [6.45, 7) is 1.92. The quantitative estimate of drug-likeness (QED) is 0.370. The first kappa shape index (κ1) is 21.9. The van der Waals surface area contributed by atoms with Crippen LogP contribution in [0, 0.1) is 0 Å². The van der Waals surface area contributed by atoms with Crippen molar-refractivity contribution < 1.29 is 33.4 Å². The van der Waals surface area contributed by atoms with Crippen molar-refractivity contribution in [2.24, 2.45) is 0 Å². The highest BCUT2D eigenvalue weighted by Gasteiger charge is 2.39. The molecule has 0 radical (unpaired) electrons. The molecule has 0 aromatic rings. The van der Waals surface area contributed by atoms with Gasteiger partial charge in [0.2, 0.25) is 0 Å². The van der Waals surface area contributed by atoms with Crippen molar-refractivity contribution >= 4 is 23.6 Å². The van der Waals surface area contributed by atoms with E-state index in [9.17, 15) is 19.2 Å². The topological polar surface area (TPSA) is 102 Å². The molecule has 168 valence electrons. The van der Waals surface area contributed by atoms with Crippen molar-refractivity contribution in [1.29, 1.82) is 0 Å². The highest BCUT2D eigenvalue weighted by Crippen LogP contribution is 2.26. The molecule has 4 atom stereocenters. The second-order valence-corrected chi connectivity index (χ2v) is 8.19. The fourth-order valence-electron chi connectivity index (χ4n) is 4.76. The van der Waals surface area contributed by atoms with Gasteiger partial charge < -0.3 is 14.2 Å². The van der Waals surface area contributed by atoms with Crippen LogP contribution >= 0.6 is 0 Å². The summed E-state index contributed by atoms with van der Waals surface area (Å²) in [4.78, 5) is 51.1. The number of ether oxygens (including phenoxy) is 3. The zero-order chi connectivity index (χ0) is 21.8. The first-order valence-corrected chi connectivity index (χ1v) is 11.0. The second kappa shape index (κ2) is 9.84. The van der Waals surface area contributed by atoms with Gasteiger partial charge in [-0.3, -0.25) is 29.0 Å². The first-order valence-electron chi connectivity index (χ1n) is 11.0. The van der Waals surface area contributed by atoms with Crippen molar-refractivity contribution in [3.8, 4) is 0 Å². The van der Waals surface area contributed by atoms with Gasteiger partial charge in [0.1, 0.15) is 0 Å². The molecule has 9 heteroatoms. The van der Waals surface area contributed by atoms with Crippen molar-refractivity contribution in [2.75, 3.05) is 26.4 Å². The van der Waals surface area contributed by atoms with Gasteiger partial charge in [-0.05, 0) is 38.5 Å². The minimum Gasteiger partial charge on any atom is -0.381 e. The Balaban J connectivity index is 1.30. The normalized spacial score (nSPS) is 27.9. The molecule has 2 fully saturated rings. The van der Waals surface area contributed by atoms with Crippen molar-refractivity contribution in [3.05, 3.63) is 24.3 Å². The third-order valence-corrected chi connectivity index (χ3v) is 6.25. The Bertz CT molecular complexity index is 681. The van der Waals surface area contributed by atoms with Crippen LogP contribution in [0.1, 0.15) is 38.5 Å². The van der Waals surface area contributed by atoms with Crippen LogP contribution in [0.5, 0.6) is 0 Å².